The predicted octanol–water partition coefficient (Wildman–Crippen LogP) is 3.41. The average molecular weight is 353 g/mol. The van der Waals surface area contributed by atoms with Crippen LogP contribution in [0, 0.1) is 12.8 Å². The van der Waals surface area contributed by atoms with Gasteiger partial charge in [0.2, 0.25) is 0 Å². The summed E-state index contributed by atoms with van der Waals surface area (Å²) in [5, 5.41) is 0. The molecule has 0 atom stereocenters. The molecular weight excluding hydrogens is 326 g/mol. The molecule has 0 N–H and O–H groups in total. The van der Waals surface area contributed by atoms with Gasteiger partial charge in [-0.05, 0) is 31.2 Å². The number of aryl methyl sites for hydroxylation is 1. The van der Waals surface area contributed by atoms with Crippen LogP contribution in [-0.2, 0) is 19.5 Å². The van der Waals surface area contributed by atoms with E-state index in [4.69, 9.17) is 4.42 Å². The number of fused-ring (bicyclic) bond motifs is 1. The lowest BCUT2D eigenvalue weighted by atomic mass is 9.81. The number of aromatic nitrogens is 1. The maximum absolute atomic E-state index is 12.7. The van der Waals surface area contributed by atoms with Crippen LogP contribution in [-0.4, -0.2) is 40.3 Å². The number of amides is 1. The molecule has 1 aromatic heterocycles. The molecule has 1 amide bonds. The molecule has 1 aliphatic heterocycles. The van der Waals surface area contributed by atoms with Crippen LogP contribution in [0.25, 0.3) is 0 Å². The molecule has 0 unspecified atom stereocenters. The van der Waals surface area contributed by atoms with Gasteiger partial charge < -0.3 is 9.32 Å². The summed E-state index contributed by atoms with van der Waals surface area (Å²) in [6.07, 6.45) is 2.96. The van der Waals surface area contributed by atoms with Gasteiger partial charge in [-0.3, -0.25) is 9.69 Å². The first-order valence-corrected chi connectivity index (χ1v) is 9.53. The summed E-state index contributed by atoms with van der Waals surface area (Å²) in [5.41, 5.74) is 3.50. The van der Waals surface area contributed by atoms with E-state index in [-0.39, 0.29) is 11.8 Å². The third-order valence-corrected chi connectivity index (χ3v) is 5.73. The molecule has 5 heteroatoms. The van der Waals surface area contributed by atoms with E-state index < -0.39 is 0 Å². The molecule has 2 heterocycles. The topological polar surface area (TPSA) is 49.6 Å². The van der Waals surface area contributed by atoms with E-state index in [2.05, 4.69) is 48.0 Å². The highest BCUT2D eigenvalue weighted by molar-refractivity contribution is 5.89. The Morgan fingerprint density at radius 3 is 2.73 bits per heavy atom. The number of benzene rings is 1. The summed E-state index contributed by atoms with van der Waals surface area (Å²) >= 11 is 0. The van der Waals surface area contributed by atoms with E-state index in [1.807, 2.05) is 7.05 Å². The molecular formula is C21H27N3O2. The second-order valence-corrected chi connectivity index (χ2v) is 7.98. The van der Waals surface area contributed by atoms with Gasteiger partial charge in [0.05, 0.1) is 5.69 Å². The summed E-state index contributed by atoms with van der Waals surface area (Å²) in [7, 11) is 1.87. The summed E-state index contributed by atoms with van der Waals surface area (Å²) < 4.78 is 5.82. The Morgan fingerprint density at radius 2 is 2.04 bits per heavy atom. The highest BCUT2D eigenvalue weighted by atomic mass is 16.4. The number of carbonyl (C=O) groups excluding carboxylic acids is 1. The molecule has 26 heavy (non-hydrogen) atoms. The summed E-state index contributed by atoms with van der Waals surface area (Å²) in [4.78, 5) is 21.4. The van der Waals surface area contributed by atoms with Crippen LogP contribution in [0.15, 0.2) is 28.7 Å². The van der Waals surface area contributed by atoms with Crippen molar-refractivity contribution in [1.82, 2.24) is 14.8 Å². The van der Waals surface area contributed by atoms with Crippen LogP contribution in [0.5, 0.6) is 0 Å². The minimum atomic E-state index is -0.0821. The van der Waals surface area contributed by atoms with Gasteiger partial charge in [0.25, 0.3) is 5.89 Å². The zero-order valence-electron chi connectivity index (χ0n) is 15.9. The zero-order valence-corrected chi connectivity index (χ0v) is 15.9. The number of rotatable bonds is 4. The molecule has 0 saturated heterocycles. The first-order valence-electron chi connectivity index (χ1n) is 9.53. The van der Waals surface area contributed by atoms with Crippen molar-refractivity contribution in [2.45, 2.75) is 52.2 Å². The molecule has 1 aromatic carbocycles. The average Bonchev–Trinajstić information content (AvgIpc) is 3.03. The van der Waals surface area contributed by atoms with Crippen LogP contribution >= 0.6 is 0 Å². The summed E-state index contributed by atoms with van der Waals surface area (Å²) in [5.74, 6) is 1.77. The molecule has 2 aromatic rings. The third-order valence-electron chi connectivity index (χ3n) is 5.73. The maximum Gasteiger partial charge on any atom is 0.309 e. The van der Waals surface area contributed by atoms with Crippen molar-refractivity contribution in [2.24, 2.45) is 5.92 Å². The Hall–Kier alpha value is -2.14. The lowest BCUT2D eigenvalue weighted by molar-refractivity contribution is 0.0531. The fourth-order valence-electron chi connectivity index (χ4n) is 3.92. The van der Waals surface area contributed by atoms with E-state index in [1.165, 1.54) is 11.1 Å². The van der Waals surface area contributed by atoms with E-state index in [1.54, 1.807) is 4.90 Å². The van der Waals surface area contributed by atoms with E-state index >= 15 is 0 Å². The largest absolute Gasteiger partial charge is 0.437 e. The number of hydrogen-bond donors (Lipinski definition) is 0. The molecule has 138 valence electrons. The highest BCUT2D eigenvalue weighted by Crippen LogP contribution is 2.31. The minimum absolute atomic E-state index is 0.0821. The van der Waals surface area contributed by atoms with Gasteiger partial charge in [-0.25, -0.2) is 4.98 Å². The SMILES string of the molecule is Cc1ccc(CN2CCc3oc(C(=O)N(C)C4CC(C)C4)nc3C2)cc1. The zero-order chi connectivity index (χ0) is 18.3. The highest BCUT2D eigenvalue weighted by Gasteiger charge is 2.34. The lowest BCUT2D eigenvalue weighted by Gasteiger charge is -2.38. The molecule has 0 radical (unpaired) electrons. The molecule has 0 spiro atoms. The Morgan fingerprint density at radius 1 is 1.31 bits per heavy atom. The van der Waals surface area contributed by atoms with Crippen LogP contribution in [0.4, 0.5) is 0 Å². The van der Waals surface area contributed by atoms with Gasteiger partial charge in [-0.2, -0.15) is 0 Å². The fourth-order valence-corrected chi connectivity index (χ4v) is 3.92. The Bertz CT molecular complexity index is 790. The van der Waals surface area contributed by atoms with E-state index in [0.29, 0.717) is 12.0 Å². The van der Waals surface area contributed by atoms with Crippen molar-refractivity contribution in [3.05, 3.63) is 52.7 Å². The first kappa shape index (κ1) is 17.3. The number of carbonyl (C=O) groups is 1. The van der Waals surface area contributed by atoms with Gasteiger partial charge in [-0.15, -0.1) is 0 Å². The van der Waals surface area contributed by atoms with Crippen molar-refractivity contribution >= 4 is 5.91 Å². The number of nitrogens with zero attached hydrogens (tertiary/aromatic N) is 3. The molecule has 2 aliphatic rings. The Kier molecular flexibility index (Phi) is 4.57. The molecule has 1 saturated carbocycles. The van der Waals surface area contributed by atoms with Crippen LogP contribution < -0.4 is 0 Å². The van der Waals surface area contributed by atoms with Crippen LogP contribution in [0.1, 0.15) is 53.0 Å². The molecule has 4 rings (SSSR count). The molecule has 1 fully saturated rings. The minimum Gasteiger partial charge on any atom is -0.437 e. The van der Waals surface area contributed by atoms with Gasteiger partial charge in [0.15, 0.2) is 0 Å². The second kappa shape index (κ2) is 6.88. The second-order valence-electron chi connectivity index (χ2n) is 7.98. The Balaban J connectivity index is 1.42. The number of oxazole rings is 1. The van der Waals surface area contributed by atoms with Crippen LogP contribution in [0.2, 0.25) is 0 Å². The maximum atomic E-state index is 12.7. The fraction of sp³-hybridized carbons (Fsp3) is 0.524. The lowest BCUT2D eigenvalue weighted by Crippen LogP contribution is -2.44. The van der Waals surface area contributed by atoms with Gasteiger partial charge in [0, 0.05) is 39.1 Å². The standard InChI is InChI=1S/C21H27N3O2/c1-14-4-6-16(7-5-14)12-24-9-8-19-18(13-24)22-20(26-19)21(25)23(3)17-10-15(2)11-17/h4-7,15,17H,8-13H2,1-3H3. The molecule has 1 aliphatic carbocycles. The predicted molar refractivity (Wildman–Crippen MR) is 99.8 cm³/mol. The van der Waals surface area contributed by atoms with Crippen molar-refractivity contribution in [2.75, 3.05) is 13.6 Å². The van der Waals surface area contributed by atoms with Crippen molar-refractivity contribution in [1.29, 1.82) is 0 Å². The monoisotopic (exact) mass is 353 g/mol. The van der Waals surface area contributed by atoms with Gasteiger partial charge in [0.1, 0.15) is 5.76 Å². The van der Waals surface area contributed by atoms with Crippen molar-refractivity contribution < 1.29 is 9.21 Å². The van der Waals surface area contributed by atoms with Gasteiger partial charge in [-0.1, -0.05) is 36.8 Å². The molecule has 0 bridgehead atoms. The normalized spacial score (nSPS) is 22.6. The molecule has 5 nitrogen and oxygen atoms in total. The van der Waals surface area contributed by atoms with Gasteiger partial charge >= 0.3 is 5.91 Å². The van der Waals surface area contributed by atoms with Crippen LogP contribution in [0.3, 0.4) is 0 Å². The third kappa shape index (κ3) is 3.40. The number of hydrogen-bond acceptors (Lipinski definition) is 4. The van der Waals surface area contributed by atoms with Crippen molar-refractivity contribution in [3.8, 4) is 0 Å². The summed E-state index contributed by atoms with van der Waals surface area (Å²) in [6.45, 7) is 6.90. The van der Waals surface area contributed by atoms with Crippen molar-refractivity contribution in [3.63, 3.8) is 0 Å². The first-order chi connectivity index (χ1) is 12.5. The smallest absolute Gasteiger partial charge is 0.309 e. The quantitative estimate of drug-likeness (QED) is 0.845. The van der Waals surface area contributed by atoms with E-state index in [9.17, 15) is 4.79 Å². The Labute approximate surface area is 155 Å². The summed E-state index contributed by atoms with van der Waals surface area (Å²) in [6, 6.07) is 8.98. The van der Waals surface area contributed by atoms with E-state index in [0.717, 1.165) is 50.4 Å².